The van der Waals surface area contributed by atoms with Crippen molar-refractivity contribution in [2.24, 2.45) is 0 Å². The summed E-state index contributed by atoms with van der Waals surface area (Å²) in [5.41, 5.74) is 1.93. The predicted octanol–water partition coefficient (Wildman–Crippen LogP) is 3.58. The molecule has 0 aliphatic heterocycles. The Bertz CT molecular complexity index is 921. The second-order valence-corrected chi connectivity index (χ2v) is 7.51. The van der Waals surface area contributed by atoms with Gasteiger partial charge in [0.15, 0.2) is 0 Å². The van der Waals surface area contributed by atoms with Crippen molar-refractivity contribution in [2.75, 3.05) is 19.0 Å². The van der Waals surface area contributed by atoms with E-state index in [4.69, 9.17) is 0 Å². The third-order valence-electron chi connectivity index (χ3n) is 4.74. The van der Waals surface area contributed by atoms with Gasteiger partial charge in [-0.15, -0.1) is 11.3 Å². The Balaban J connectivity index is 1.96. The van der Waals surface area contributed by atoms with E-state index in [9.17, 15) is 4.79 Å². The minimum atomic E-state index is 0.104. The van der Waals surface area contributed by atoms with Gasteiger partial charge in [0.2, 0.25) is 0 Å². The van der Waals surface area contributed by atoms with Gasteiger partial charge in [-0.05, 0) is 12.8 Å². The van der Waals surface area contributed by atoms with Crippen LogP contribution in [0.25, 0.3) is 20.3 Å². The monoisotopic (exact) mass is 328 g/mol. The van der Waals surface area contributed by atoms with E-state index < -0.39 is 0 Å². The zero-order valence-corrected chi connectivity index (χ0v) is 14.3. The standard InChI is InChI=1S/C17H20N4OS/c1-20(2)12-8-18-9-13-14(12)15-16(23-13)17(22)21(10-19-15)11-6-4-3-5-7-11/h8-11H,3-7H2,1-2H3. The van der Waals surface area contributed by atoms with Crippen LogP contribution in [-0.2, 0) is 0 Å². The summed E-state index contributed by atoms with van der Waals surface area (Å²) in [5, 5.41) is 1.04. The molecule has 0 unspecified atom stereocenters. The van der Waals surface area contributed by atoms with Crippen molar-refractivity contribution in [3.63, 3.8) is 0 Å². The van der Waals surface area contributed by atoms with Gasteiger partial charge >= 0.3 is 0 Å². The zero-order chi connectivity index (χ0) is 16.0. The molecular weight excluding hydrogens is 308 g/mol. The topological polar surface area (TPSA) is 51.0 Å². The number of nitrogens with zero attached hydrogens (tertiary/aromatic N) is 4. The van der Waals surface area contributed by atoms with E-state index in [2.05, 4.69) is 9.97 Å². The molecule has 4 rings (SSSR count). The third-order valence-corrected chi connectivity index (χ3v) is 5.85. The Labute approximate surface area is 138 Å². The smallest absolute Gasteiger partial charge is 0.271 e. The first-order valence-electron chi connectivity index (χ1n) is 8.11. The minimum absolute atomic E-state index is 0.104. The fourth-order valence-electron chi connectivity index (χ4n) is 3.53. The van der Waals surface area contributed by atoms with Gasteiger partial charge in [0.25, 0.3) is 5.56 Å². The molecule has 0 radical (unpaired) electrons. The van der Waals surface area contributed by atoms with Gasteiger partial charge in [0, 0.05) is 31.7 Å². The van der Waals surface area contributed by atoms with Gasteiger partial charge in [-0.3, -0.25) is 14.3 Å². The lowest BCUT2D eigenvalue weighted by Gasteiger charge is -2.23. The maximum Gasteiger partial charge on any atom is 0.271 e. The number of pyridine rings is 1. The second-order valence-electron chi connectivity index (χ2n) is 6.45. The molecule has 1 aliphatic rings. The van der Waals surface area contributed by atoms with E-state index in [-0.39, 0.29) is 5.56 Å². The molecule has 0 N–H and O–H groups in total. The van der Waals surface area contributed by atoms with Gasteiger partial charge in [-0.1, -0.05) is 19.3 Å². The average Bonchev–Trinajstić information content (AvgIpc) is 2.95. The molecule has 3 heterocycles. The Kier molecular flexibility index (Phi) is 3.56. The molecule has 0 amide bonds. The lowest BCUT2D eigenvalue weighted by Crippen LogP contribution is -2.26. The second kappa shape index (κ2) is 5.60. The van der Waals surface area contributed by atoms with Crippen molar-refractivity contribution in [1.29, 1.82) is 0 Å². The molecule has 23 heavy (non-hydrogen) atoms. The van der Waals surface area contributed by atoms with Gasteiger partial charge < -0.3 is 4.90 Å². The Morgan fingerprint density at radius 3 is 2.74 bits per heavy atom. The summed E-state index contributed by atoms with van der Waals surface area (Å²) in [6.07, 6.45) is 11.3. The van der Waals surface area contributed by atoms with E-state index in [1.54, 1.807) is 6.33 Å². The summed E-state index contributed by atoms with van der Waals surface area (Å²) in [6.45, 7) is 0. The molecule has 5 nitrogen and oxygen atoms in total. The molecular formula is C17H20N4OS. The molecule has 3 aromatic heterocycles. The average molecular weight is 328 g/mol. The highest BCUT2D eigenvalue weighted by atomic mass is 32.1. The van der Waals surface area contributed by atoms with E-state index in [0.29, 0.717) is 6.04 Å². The van der Waals surface area contributed by atoms with Crippen molar-refractivity contribution in [3.8, 4) is 0 Å². The molecule has 1 fully saturated rings. The van der Waals surface area contributed by atoms with Crippen LogP contribution in [0.5, 0.6) is 0 Å². The summed E-state index contributed by atoms with van der Waals surface area (Å²) in [7, 11) is 3.98. The number of rotatable bonds is 2. The summed E-state index contributed by atoms with van der Waals surface area (Å²) < 4.78 is 3.64. The van der Waals surface area contributed by atoms with Gasteiger partial charge in [0.1, 0.15) is 4.70 Å². The highest BCUT2D eigenvalue weighted by molar-refractivity contribution is 7.25. The van der Waals surface area contributed by atoms with Crippen molar-refractivity contribution < 1.29 is 0 Å². The van der Waals surface area contributed by atoms with Gasteiger partial charge in [-0.2, -0.15) is 0 Å². The molecule has 6 heteroatoms. The highest BCUT2D eigenvalue weighted by Crippen LogP contribution is 2.36. The van der Waals surface area contributed by atoms with Crippen LogP contribution in [0.1, 0.15) is 38.1 Å². The summed E-state index contributed by atoms with van der Waals surface area (Å²) in [6, 6.07) is 0.310. The number of anilines is 1. The van der Waals surface area contributed by atoms with Crippen molar-refractivity contribution in [3.05, 3.63) is 29.1 Å². The maximum atomic E-state index is 13.0. The van der Waals surface area contributed by atoms with Crippen LogP contribution >= 0.6 is 11.3 Å². The van der Waals surface area contributed by atoms with Crippen LogP contribution in [0.4, 0.5) is 5.69 Å². The van der Waals surface area contributed by atoms with Crippen LogP contribution in [-0.4, -0.2) is 28.6 Å². The summed E-state index contributed by atoms with van der Waals surface area (Å²) in [5.74, 6) is 0. The van der Waals surface area contributed by atoms with Crippen LogP contribution in [0.15, 0.2) is 23.5 Å². The molecule has 0 spiro atoms. The fraction of sp³-hybridized carbons (Fsp3) is 0.471. The van der Waals surface area contributed by atoms with E-state index in [1.165, 1.54) is 30.6 Å². The van der Waals surface area contributed by atoms with Gasteiger partial charge in [-0.25, -0.2) is 4.98 Å². The molecule has 0 aromatic carbocycles. The number of fused-ring (bicyclic) bond motifs is 3. The zero-order valence-electron chi connectivity index (χ0n) is 13.5. The van der Waals surface area contributed by atoms with Crippen LogP contribution in [0.2, 0.25) is 0 Å². The molecule has 1 saturated carbocycles. The normalized spacial score (nSPS) is 16.3. The Morgan fingerprint density at radius 2 is 2.00 bits per heavy atom. The molecule has 0 saturated heterocycles. The lowest BCUT2D eigenvalue weighted by atomic mass is 9.95. The molecule has 3 aromatic rings. The minimum Gasteiger partial charge on any atom is -0.376 e. The van der Waals surface area contributed by atoms with Gasteiger partial charge in [0.05, 0.1) is 28.4 Å². The molecule has 0 bridgehead atoms. The molecule has 1 aliphatic carbocycles. The molecule has 0 atom stereocenters. The van der Waals surface area contributed by atoms with E-state index in [1.807, 2.05) is 36.0 Å². The Hall–Kier alpha value is -1.95. The van der Waals surface area contributed by atoms with Crippen LogP contribution in [0, 0.1) is 0 Å². The number of hydrogen-bond acceptors (Lipinski definition) is 5. The number of thiophene rings is 1. The van der Waals surface area contributed by atoms with Crippen molar-refractivity contribution in [1.82, 2.24) is 14.5 Å². The van der Waals surface area contributed by atoms with Crippen molar-refractivity contribution in [2.45, 2.75) is 38.1 Å². The SMILES string of the molecule is CN(C)c1cncc2sc3c(=O)n(C4CCCCC4)cnc3c12. The van der Waals surface area contributed by atoms with Crippen molar-refractivity contribution >= 4 is 37.3 Å². The molecule has 120 valence electrons. The number of aromatic nitrogens is 3. The van der Waals surface area contributed by atoms with Crippen LogP contribution < -0.4 is 10.5 Å². The number of hydrogen-bond donors (Lipinski definition) is 0. The first-order chi connectivity index (χ1) is 11.2. The largest absolute Gasteiger partial charge is 0.376 e. The Morgan fingerprint density at radius 1 is 1.22 bits per heavy atom. The first-order valence-corrected chi connectivity index (χ1v) is 8.93. The predicted molar refractivity (Wildman–Crippen MR) is 95.6 cm³/mol. The van der Waals surface area contributed by atoms with E-state index in [0.717, 1.165) is 38.8 Å². The summed E-state index contributed by atoms with van der Waals surface area (Å²) >= 11 is 1.51. The first kappa shape index (κ1) is 14.6. The maximum absolute atomic E-state index is 13.0. The van der Waals surface area contributed by atoms with Crippen LogP contribution in [0.3, 0.4) is 0 Å². The quantitative estimate of drug-likeness (QED) is 0.721. The highest BCUT2D eigenvalue weighted by Gasteiger charge is 2.20. The fourth-order valence-corrected chi connectivity index (χ4v) is 4.62. The lowest BCUT2D eigenvalue weighted by molar-refractivity contribution is 0.345. The third kappa shape index (κ3) is 2.32. The van der Waals surface area contributed by atoms with E-state index >= 15 is 0 Å². The summed E-state index contributed by atoms with van der Waals surface area (Å²) in [4.78, 5) is 24.0.